The van der Waals surface area contributed by atoms with E-state index in [1.54, 1.807) is 24.3 Å². The van der Waals surface area contributed by atoms with Crippen LogP contribution in [0.2, 0.25) is 0 Å². The van der Waals surface area contributed by atoms with E-state index in [2.05, 4.69) is 5.32 Å². The summed E-state index contributed by atoms with van der Waals surface area (Å²) in [7, 11) is 0. The summed E-state index contributed by atoms with van der Waals surface area (Å²) < 4.78 is 0. The summed E-state index contributed by atoms with van der Waals surface area (Å²) in [5.74, 6) is -0.00596. The third-order valence-corrected chi connectivity index (χ3v) is 3.90. The molecule has 0 aromatic heterocycles. The smallest absolute Gasteiger partial charge is 0.227 e. The standard InChI is InChI=1S/C15H21N3O2/c16-9-11-2-1-3-13(11)15(20)18-12-6-4-10(5-7-12)8-14(17)19/h4-7,11,13H,1-3,8-9,16H2,(H2,17,19)(H,18,20). The molecule has 5 nitrogen and oxygen atoms in total. The van der Waals surface area contributed by atoms with E-state index in [1.807, 2.05) is 0 Å². The van der Waals surface area contributed by atoms with Gasteiger partial charge in [0.15, 0.2) is 0 Å². The molecule has 0 radical (unpaired) electrons. The van der Waals surface area contributed by atoms with Crippen molar-refractivity contribution in [2.75, 3.05) is 11.9 Å². The molecule has 2 unspecified atom stereocenters. The number of hydrogen-bond acceptors (Lipinski definition) is 3. The van der Waals surface area contributed by atoms with Gasteiger partial charge in [0.25, 0.3) is 0 Å². The van der Waals surface area contributed by atoms with E-state index >= 15 is 0 Å². The molecular formula is C15H21N3O2. The number of primary amides is 1. The summed E-state index contributed by atoms with van der Waals surface area (Å²) in [6, 6.07) is 7.19. The highest BCUT2D eigenvalue weighted by molar-refractivity contribution is 5.93. The molecular weight excluding hydrogens is 254 g/mol. The topological polar surface area (TPSA) is 98.2 Å². The average molecular weight is 275 g/mol. The van der Waals surface area contributed by atoms with Crippen LogP contribution in [0.4, 0.5) is 5.69 Å². The molecule has 2 atom stereocenters. The van der Waals surface area contributed by atoms with Gasteiger partial charge in [-0.25, -0.2) is 0 Å². The third-order valence-electron chi connectivity index (χ3n) is 3.90. The highest BCUT2D eigenvalue weighted by Crippen LogP contribution is 2.31. The maximum Gasteiger partial charge on any atom is 0.227 e. The van der Waals surface area contributed by atoms with Gasteiger partial charge in [0, 0.05) is 11.6 Å². The Morgan fingerprint density at radius 2 is 1.90 bits per heavy atom. The predicted molar refractivity (Wildman–Crippen MR) is 77.9 cm³/mol. The minimum absolute atomic E-state index is 0.0188. The molecule has 108 valence electrons. The second-order valence-electron chi connectivity index (χ2n) is 5.36. The van der Waals surface area contributed by atoms with Crippen LogP contribution in [0, 0.1) is 11.8 Å². The molecule has 1 saturated carbocycles. The Labute approximate surface area is 118 Å². The molecule has 1 aliphatic rings. The van der Waals surface area contributed by atoms with Gasteiger partial charge in [-0.05, 0) is 43.0 Å². The number of rotatable bonds is 5. The van der Waals surface area contributed by atoms with Crippen LogP contribution in [0.5, 0.6) is 0 Å². The Hall–Kier alpha value is -1.88. The van der Waals surface area contributed by atoms with Crippen LogP contribution in [-0.2, 0) is 16.0 Å². The molecule has 5 heteroatoms. The molecule has 0 spiro atoms. The van der Waals surface area contributed by atoms with Gasteiger partial charge in [-0.15, -0.1) is 0 Å². The lowest BCUT2D eigenvalue weighted by Crippen LogP contribution is -2.29. The van der Waals surface area contributed by atoms with Crippen LogP contribution in [0.1, 0.15) is 24.8 Å². The second kappa shape index (κ2) is 6.52. The van der Waals surface area contributed by atoms with E-state index in [4.69, 9.17) is 11.5 Å². The summed E-state index contributed by atoms with van der Waals surface area (Å²) in [5, 5.41) is 2.92. The predicted octanol–water partition coefficient (Wildman–Crippen LogP) is 1.03. The van der Waals surface area contributed by atoms with Gasteiger partial charge in [-0.2, -0.15) is 0 Å². The number of nitrogens with one attached hydrogen (secondary N) is 1. The number of carbonyl (C=O) groups excluding carboxylic acids is 2. The van der Waals surface area contributed by atoms with E-state index in [0.29, 0.717) is 12.5 Å². The van der Waals surface area contributed by atoms with Gasteiger partial charge in [0.1, 0.15) is 0 Å². The number of carbonyl (C=O) groups is 2. The van der Waals surface area contributed by atoms with E-state index in [1.165, 1.54) is 0 Å². The summed E-state index contributed by atoms with van der Waals surface area (Å²) in [6.45, 7) is 0.565. The number of hydrogen-bond donors (Lipinski definition) is 3. The fourth-order valence-electron chi connectivity index (χ4n) is 2.81. The first-order chi connectivity index (χ1) is 9.60. The van der Waals surface area contributed by atoms with E-state index in [0.717, 1.165) is 30.5 Å². The monoisotopic (exact) mass is 275 g/mol. The summed E-state index contributed by atoms with van der Waals surface area (Å²) in [6.07, 6.45) is 3.23. The van der Waals surface area contributed by atoms with Crippen molar-refractivity contribution >= 4 is 17.5 Å². The van der Waals surface area contributed by atoms with Crippen LogP contribution < -0.4 is 16.8 Å². The summed E-state index contributed by atoms with van der Waals surface area (Å²) in [4.78, 5) is 23.0. The van der Waals surface area contributed by atoms with Gasteiger partial charge in [0.05, 0.1) is 6.42 Å². The van der Waals surface area contributed by atoms with Gasteiger partial charge in [0.2, 0.25) is 11.8 Å². The van der Waals surface area contributed by atoms with E-state index in [9.17, 15) is 9.59 Å². The zero-order valence-electron chi connectivity index (χ0n) is 11.5. The molecule has 1 fully saturated rings. The molecule has 2 amide bonds. The minimum atomic E-state index is -0.362. The minimum Gasteiger partial charge on any atom is -0.369 e. The van der Waals surface area contributed by atoms with Crippen LogP contribution in [0.25, 0.3) is 0 Å². The van der Waals surface area contributed by atoms with Crippen molar-refractivity contribution in [1.82, 2.24) is 0 Å². The van der Waals surface area contributed by atoms with Crippen molar-refractivity contribution in [2.24, 2.45) is 23.3 Å². The fourth-order valence-corrected chi connectivity index (χ4v) is 2.81. The lowest BCUT2D eigenvalue weighted by atomic mass is 9.95. The Balaban J connectivity index is 1.95. The molecule has 2 rings (SSSR count). The Bertz CT molecular complexity index is 484. The largest absolute Gasteiger partial charge is 0.369 e. The van der Waals surface area contributed by atoms with Gasteiger partial charge in [-0.3, -0.25) is 9.59 Å². The number of benzene rings is 1. The zero-order chi connectivity index (χ0) is 14.5. The zero-order valence-corrected chi connectivity index (χ0v) is 11.5. The normalized spacial score (nSPS) is 21.6. The Morgan fingerprint density at radius 1 is 1.20 bits per heavy atom. The molecule has 1 aliphatic carbocycles. The number of anilines is 1. The van der Waals surface area contributed by atoms with Crippen molar-refractivity contribution < 1.29 is 9.59 Å². The molecule has 1 aromatic rings. The first-order valence-electron chi connectivity index (χ1n) is 6.98. The molecule has 0 bridgehead atoms. The first-order valence-corrected chi connectivity index (χ1v) is 6.98. The highest BCUT2D eigenvalue weighted by atomic mass is 16.2. The lowest BCUT2D eigenvalue weighted by molar-refractivity contribution is -0.121. The number of amides is 2. The molecule has 5 N–H and O–H groups in total. The van der Waals surface area contributed by atoms with Crippen LogP contribution >= 0.6 is 0 Å². The number of nitrogens with two attached hydrogens (primary N) is 2. The average Bonchev–Trinajstić information content (AvgIpc) is 2.89. The lowest BCUT2D eigenvalue weighted by Gasteiger charge is -2.17. The molecule has 1 aromatic carbocycles. The SMILES string of the molecule is NCC1CCCC1C(=O)Nc1ccc(CC(N)=O)cc1. The van der Waals surface area contributed by atoms with Crippen molar-refractivity contribution in [2.45, 2.75) is 25.7 Å². The molecule has 0 saturated heterocycles. The third kappa shape index (κ3) is 3.57. The first kappa shape index (κ1) is 14.5. The fraction of sp³-hybridized carbons (Fsp3) is 0.467. The quantitative estimate of drug-likeness (QED) is 0.748. The maximum atomic E-state index is 12.2. The van der Waals surface area contributed by atoms with Crippen molar-refractivity contribution in [3.05, 3.63) is 29.8 Å². The van der Waals surface area contributed by atoms with Gasteiger partial charge < -0.3 is 16.8 Å². The van der Waals surface area contributed by atoms with Crippen molar-refractivity contribution in [3.63, 3.8) is 0 Å². The summed E-state index contributed by atoms with van der Waals surface area (Å²) in [5.41, 5.74) is 12.4. The Morgan fingerprint density at radius 3 is 2.50 bits per heavy atom. The highest BCUT2D eigenvalue weighted by Gasteiger charge is 2.31. The van der Waals surface area contributed by atoms with Gasteiger partial charge >= 0.3 is 0 Å². The van der Waals surface area contributed by atoms with E-state index < -0.39 is 0 Å². The molecule has 0 aliphatic heterocycles. The van der Waals surface area contributed by atoms with Crippen LogP contribution in [0.15, 0.2) is 24.3 Å². The van der Waals surface area contributed by atoms with Crippen LogP contribution in [-0.4, -0.2) is 18.4 Å². The van der Waals surface area contributed by atoms with E-state index in [-0.39, 0.29) is 24.2 Å². The molecule has 20 heavy (non-hydrogen) atoms. The summed E-state index contributed by atoms with van der Waals surface area (Å²) >= 11 is 0. The van der Waals surface area contributed by atoms with Crippen molar-refractivity contribution in [3.8, 4) is 0 Å². The van der Waals surface area contributed by atoms with Crippen molar-refractivity contribution in [1.29, 1.82) is 0 Å². The van der Waals surface area contributed by atoms with Gasteiger partial charge in [-0.1, -0.05) is 18.6 Å². The second-order valence-corrected chi connectivity index (χ2v) is 5.36. The van der Waals surface area contributed by atoms with Crippen LogP contribution in [0.3, 0.4) is 0 Å². The molecule has 0 heterocycles. The maximum absolute atomic E-state index is 12.2. The Kier molecular flexibility index (Phi) is 4.74.